The van der Waals surface area contributed by atoms with Gasteiger partial charge < -0.3 is 17.3 Å². The summed E-state index contributed by atoms with van der Waals surface area (Å²) in [6.07, 6.45) is 4.28. The third-order valence-electron chi connectivity index (χ3n) is 11.9. The molecule has 0 aliphatic rings. The van der Waals surface area contributed by atoms with Gasteiger partial charge in [-0.15, -0.1) is 32.4 Å². The zero-order valence-corrected chi connectivity index (χ0v) is 48.9. The van der Waals surface area contributed by atoms with Gasteiger partial charge in [-0.1, -0.05) is 146 Å². The number of rotatable bonds is 16. The van der Waals surface area contributed by atoms with Crippen LogP contribution in [0.3, 0.4) is 0 Å². The summed E-state index contributed by atoms with van der Waals surface area (Å²) in [4.78, 5) is 2.57. The molecule has 10 aromatic rings. The van der Waals surface area contributed by atoms with Crippen LogP contribution in [-0.2, 0) is 22.4 Å². The Labute approximate surface area is 475 Å². The number of hydrogen-bond donors (Lipinski definition) is 0. The van der Waals surface area contributed by atoms with Crippen molar-refractivity contribution >= 4 is 117 Å². The molecule has 0 heterocycles. The molecule has 0 spiro atoms. The van der Waals surface area contributed by atoms with E-state index in [2.05, 4.69) is 313 Å². The van der Waals surface area contributed by atoms with Gasteiger partial charge in [0.05, 0.1) is 0 Å². The Morgan fingerprint density at radius 2 is 0.408 bits per heavy atom. The molecule has 0 aliphatic heterocycles. The molecular formula is C62H58AgBF4N2P4S2+4. The molecule has 0 unspecified atom stereocenters. The van der Waals surface area contributed by atoms with E-state index < -0.39 is 39.5 Å². The first kappa shape index (κ1) is 58.4. The van der Waals surface area contributed by atoms with Gasteiger partial charge in [0.25, 0.3) is 0 Å². The minimum atomic E-state index is -6.00. The van der Waals surface area contributed by atoms with Crippen LogP contribution in [0.25, 0.3) is 0 Å². The first-order valence-corrected chi connectivity index (χ1v) is 32.6. The Hall–Kier alpha value is -5.25. The van der Waals surface area contributed by atoms with E-state index in [9.17, 15) is 17.3 Å². The summed E-state index contributed by atoms with van der Waals surface area (Å²) in [5.41, 5.74) is 2.57. The van der Waals surface area contributed by atoms with E-state index >= 15 is 0 Å². The SMILES string of the molecule is CSc1ccc(N([PH+](c2ccccc2)c2ccccc2)[PH+](c2ccccc2)c2ccccc2)cc1.CSc1ccc(N([PH+](c2ccccc2)c2ccccc2)[PH+](c2ccccc2)c2ccccc2)cc1.F[B-](F)(F)F.[Ag+]. The fraction of sp³-hybridized carbons (Fsp3) is 0.0323. The van der Waals surface area contributed by atoms with Gasteiger partial charge in [0, 0.05) is 9.79 Å². The first-order valence-electron chi connectivity index (χ1n) is 24.4. The largest absolute Gasteiger partial charge is 1.00 e. The van der Waals surface area contributed by atoms with Crippen molar-refractivity contribution in [1.82, 2.24) is 0 Å². The number of halogens is 4. The summed E-state index contributed by atoms with van der Waals surface area (Å²) in [5.74, 6) is 0. The molecule has 2 nitrogen and oxygen atoms in total. The van der Waals surface area contributed by atoms with Crippen LogP contribution in [0, 0.1) is 0 Å². The van der Waals surface area contributed by atoms with Gasteiger partial charge in [-0.05, 0) is 158 Å². The predicted molar refractivity (Wildman–Crippen MR) is 333 cm³/mol. The quantitative estimate of drug-likeness (QED) is 0.0411. The smallest absolute Gasteiger partial charge is 0.418 e. The first-order chi connectivity index (χ1) is 36.7. The average molecular weight is 1210 g/mol. The number of nitrogens with zero attached hydrogens (tertiary/aromatic N) is 2. The number of benzene rings is 10. The van der Waals surface area contributed by atoms with Crippen LogP contribution in [0.1, 0.15) is 0 Å². The summed E-state index contributed by atoms with van der Waals surface area (Å²) >= 11 is 3.58. The zero-order chi connectivity index (χ0) is 52.2. The molecule has 0 bridgehead atoms. The van der Waals surface area contributed by atoms with Crippen LogP contribution >= 0.6 is 55.8 Å². The second-order valence-corrected chi connectivity index (χ2v) is 28.7. The summed E-state index contributed by atoms with van der Waals surface area (Å²) < 4.78 is 44.6. The molecule has 14 heteroatoms. The van der Waals surface area contributed by atoms with Crippen LogP contribution in [0.4, 0.5) is 28.6 Å². The fourth-order valence-corrected chi connectivity index (χ4v) is 23.5. The number of hydrogen-bond acceptors (Lipinski definition) is 4. The van der Waals surface area contributed by atoms with Gasteiger partial charge in [0.15, 0.2) is 32.3 Å². The third-order valence-corrected chi connectivity index (χ3v) is 26.0. The van der Waals surface area contributed by atoms with Crippen LogP contribution in [0.5, 0.6) is 0 Å². The molecule has 0 saturated carbocycles. The van der Waals surface area contributed by atoms with Gasteiger partial charge in [-0.25, -0.2) is 0 Å². The maximum absolute atomic E-state index is 9.75. The van der Waals surface area contributed by atoms with Gasteiger partial charge in [0.2, 0.25) is 0 Å². The molecule has 0 saturated heterocycles. The Bertz CT molecular complexity index is 2650. The summed E-state index contributed by atoms with van der Waals surface area (Å²) in [6, 6.07) is 107. The van der Waals surface area contributed by atoms with E-state index in [1.54, 1.807) is 23.5 Å². The summed E-state index contributed by atoms with van der Waals surface area (Å²) in [6.45, 7) is 0. The third kappa shape index (κ3) is 16.4. The van der Waals surface area contributed by atoms with Crippen molar-refractivity contribution in [2.45, 2.75) is 9.79 Å². The molecule has 0 aliphatic carbocycles. The Kier molecular flexibility index (Phi) is 23.1. The minimum absolute atomic E-state index is 0. The molecule has 0 N–H and O–H groups in total. The molecule has 386 valence electrons. The average Bonchev–Trinajstić information content (AvgIpc) is 3.47. The van der Waals surface area contributed by atoms with Crippen molar-refractivity contribution in [3.8, 4) is 0 Å². The van der Waals surface area contributed by atoms with E-state index in [-0.39, 0.29) is 22.4 Å². The second-order valence-electron chi connectivity index (χ2n) is 16.9. The van der Waals surface area contributed by atoms with Crippen molar-refractivity contribution in [3.05, 3.63) is 291 Å². The molecule has 0 amide bonds. The standard InChI is InChI=1S/2C31H27NP2S.Ag.BF4/c2*1-35-31-24-22-26(23-25-31)32(33(27-14-6-2-7-15-27)28-16-8-3-9-17-28)34(29-18-10-4-11-19-29)30-20-12-5-13-21-30;;2-1(3,4)5/h2*2-25H,1H3;;/q;;+1;-1/p+4. The normalized spacial score (nSPS) is 11.0. The molecule has 10 rings (SSSR count). The van der Waals surface area contributed by atoms with Crippen LogP contribution in [0.2, 0.25) is 0 Å². The van der Waals surface area contributed by atoms with Crippen molar-refractivity contribution < 1.29 is 39.6 Å². The molecular weight excluding hydrogens is 1160 g/mol. The van der Waals surface area contributed by atoms with Crippen LogP contribution in [-0.4, -0.2) is 19.8 Å². The Balaban J connectivity index is 0.000000201. The summed E-state index contributed by atoms with van der Waals surface area (Å²) in [5, 5.41) is 11.2. The minimum Gasteiger partial charge on any atom is -0.418 e. The topological polar surface area (TPSA) is 6.48 Å². The molecule has 10 aromatic carbocycles. The van der Waals surface area contributed by atoms with Gasteiger partial charge in [0.1, 0.15) is 53.8 Å². The van der Waals surface area contributed by atoms with Gasteiger partial charge >= 0.3 is 29.6 Å². The van der Waals surface area contributed by atoms with Crippen molar-refractivity contribution in [2.24, 2.45) is 0 Å². The van der Waals surface area contributed by atoms with E-state index in [0.29, 0.717) is 0 Å². The molecule has 0 atom stereocenters. The maximum atomic E-state index is 9.75. The zero-order valence-electron chi connectivity index (χ0n) is 41.8. The van der Waals surface area contributed by atoms with Gasteiger partial charge in [-0.3, -0.25) is 0 Å². The number of thioether (sulfide) groups is 2. The van der Waals surface area contributed by atoms with E-state index in [1.165, 1.54) is 63.6 Å². The van der Waals surface area contributed by atoms with E-state index in [1.807, 2.05) is 0 Å². The fourth-order valence-electron chi connectivity index (χ4n) is 8.67. The Morgan fingerprint density at radius 1 is 0.263 bits per heavy atom. The van der Waals surface area contributed by atoms with Crippen LogP contribution < -0.4 is 51.3 Å². The molecule has 0 aromatic heterocycles. The van der Waals surface area contributed by atoms with Crippen molar-refractivity contribution in [3.63, 3.8) is 0 Å². The van der Waals surface area contributed by atoms with Crippen molar-refractivity contribution in [1.29, 1.82) is 0 Å². The molecule has 0 radical (unpaired) electrons. The second kappa shape index (κ2) is 30.0. The van der Waals surface area contributed by atoms with Gasteiger partial charge in [-0.2, -0.15) is 0 Å². The molecule has 0 fully saturated rings. The monoisotopic (exact) mass is 1210 g/mol. The maximum Gasteiger partial charge on any atom is 1.00 e. The predicted octanol–water partition coefficient (Wildman–Crippen LogP) is 14.8. The number of anilines is 2. The van der Waals surface area contributed by atoms with Crippen molar-refractivity contribution in [2.75, 3.05) is 21.4 Å². The molecule has 76 heavy (non-hydrogen) atoms. The van der Waals surface area contributed by atoms with E-state index in [4.69, 9.17) is 0 Å². The van der Waals surface area contributed by atoms with E-state index in [0.717, 1.165) is 0 Å². The summed E-state index contributed by atoms with van der Waals surface area (Å²) in [7, 11) is -11.3. The van der Waals surface area contributed by atoms with Crippen LogP contribution in [0.15, 0.2) is 301 Å². The Morgan fingerprint density at radius 3 is 0.539 bits per heavy atom.